The van der Waals surface area contributed by atoms with Crippen molar-refractivity contribution in [3.63, 3.8) is 0 Å². The van der Waals surface area contributed by atoms with Crippen LogP contribution in [0.25, 0.3) is 22.6 Å². The number of halogens is 1. The SMILES string of the molecule is CNCC(O)COc1cccc(-c2nc(CCC3COCCN3CC(C)F)c(C)c(-c3c(C)noc3C)n2)c1. The third-order valence-corrected chi connectivity index (χ3v) is 7.04. The van der Waals surface area contributed by atoms with Gasteiger partial charge in [-0.2, -0.15) is 0 Å². The molecule has 4 rings (SSSR count). The summed E-state index contributed by atoms with van der Waals surface area (Å²) in [6, 6.07) is 7.70. The van der Waals surface area contributed by atoms with Gasteiger partial charge < -0.3 is 24.4 Å². The molecule has 1 aliphatic heterocycles. The van der Waals surface area contributed by atoms with E-state index in [1.807, 2.05) is 45.0 Å². The second-order valence-corrected chi connectivity index (χ2v) is 10.3. The fourth-order valence-corrected chi connectivity index (χ4v) is 5.03. The quantitative estimate of drug-likeness (QED) is 0.355. The average Bonchev–Trinajstić information content (AvgIpc) is 3.25. The van der Waals surface area contributed by atoms with E-state index >= 15 is 0 Å². The van der Waals surface area contributed by atoms with Crippen LogP contribution in [0.2, 0.25) is 0 Å². The molecule has 0 radical (unpaired) electrons. The molecular formula is C29H40FN5O4. The van der Waals surface area contributed by atoms with Crippen molar-refractivity contribution in [2.45, 2.75) is 58.9 Å². The van der Waals surface area contributed by atoms with E-state index in [1.54, 1.807) is 14.0 Å². The number of aliphatic hydroxyl groups excluding tert-OH is 1. The molecular weight excluding hydrogens is 501 g/mol. The Morgan fingerprint density at radius 3 is 2.79 bits per heavy atom. The molecule has 1 fully saturated rings. The number of likely N-dealkylation sites (N-methyl/N-ethyl adjacent to an activating group) is 1. The maximum Gasteiger partial charge on any atom is 0.160 e. The molecule has 1 saturated heterocycles. The number of ether oxygens (including phenoxy) is 2. The Kier molecular flexibility index (Phi) is 10.0. The van der Waals surface area contributed by atoms with Crippen molar-refractivity contribution in [1.29, 1.82) is 0 Å². The first-order valence-corrected chi connectivity index (χ1v) is 13.6. The van der Waals surface area contributed by atoms with E-state index in [4.69, 9.17) is 24.0 Å². The zero-order chi connectivity index (χ0) is 27.9. The number of morpholine rings is 1. The lowest BCUT2D eigenvalue weighted by molar-refractivity contribution is -0.0183. The molecule has 1 aliphatic rings. The van der Waals surface area contributed by atoms with Gasteiger partial charge in [0.1, 0.15) is 30.4 Å². The van der Waals surface area contributed by atoms with E-state index in [2.05, 4.69) is 15.4 Å². The minimum Gasteiger partial charge on any atom is -0.491 e. The van der Waals surface area contributed by atoms with E-state index in [1.165, 1.54) is 0 Å². The maximum atomic E-state index is 13.8. The van der Waals surface area contributed by atoms with Crippen molar-refractivity contribution in [2.24, 2.45) is 0 Å². The van der Waals surface area contributed by atoms with Crippen molar-refractivity contribution >= 4 is 0 Å². The van der Waals surface area contributed by atoms with E-state index in [0.717, 1.165) is 46.7 Å². The Hall–Kier alpha value is -2.92. The summed E-state index contributed by atoms with van der Waals surface area (Å²) < 4.78 is 30.9. The topological polar surface area (TPSA) is 106 Å². The molecule has 2 aromatic heterocycles. The van der Waals surface area contributed by atoms with Crippen LogP contribution in [0.3, 0.4) is 0 Å². The van der Waals surface area contributed by atoms with Gasteiger partial charge in [0.2, 0.25) is 0 Å². The molecule has 0 spiro atoms. The summed E-state index contributed by atoms with van der Waals surface area (Å²) in [5, 5.41) is 17.1. The van der Waals surface area contributed by atoms with Crippen molar-refractivity contribution < 1.29 is 23.5 Å². The van der Waals surface area contributed by atoms with Gasteiger partial charge in [-0.15, -0.1) is 0 Å². The number of aromatic nitrogens is 3. The largest absolute Gasteiger partial charge is 0.491 e. The van der Waals surface area contributed by atoms with Gasteiger partial charge in [-0.25, -0.2) is 14.4 Å². The summed E-state index contributed by atoms with van der Waals surface area (Å²) in [6.45, 7) is 10.4. The molecule has 212 valence electrons. The van der Waals surface area contributed by atoms with E-state index in [0.29, 0.717) is 50.1 Å². The average molecular weight is 542 g/mol. The van der Waals surface area contributed by atoms with Gasteiger partial charge >= 0.3 is 0 Å². The van der Waals surface area contributed by atoms with Crippen LogP contribution in [0.15, 0.2) is 28.8 Å². The number of alkyl halides is 1. The molecule has 9 nitrogen and oxygen atoms in total. The normalized spacial score (nSPS) is 17.8. The lowest BCUT2D eigenvalue weighted by Gasteiger charge is -2.36. The van der Waals surface area contributed by atoms with Crippen molar-refractivity contribution in [3.8, 4) is 28.4 Å². The van der Waals surface area contributed by atoms with Gasteiger partial charge in [0.05, 0.1) is 30.2 Å². The molecule has 3 heterocycles. The van der Waals surface area contributed by atoms with Gasteiger partial charge in [-0.1, -0.05) is 17.3 Å². The highest BCUT2D eigenvalue weighted by molar-refractivity contribution is 5.71. The fraction of sp³-hybridized carbons (Fsp3) is 0.552. The molecule has 10 heteroatoms. The zero-order valence-corrected chi connectivity index (χ0v) is 23.5. The highest BCUT2D eigenvalue weighted by atomic mass is 19.1. The highest BCUT2D eigenvalue weighted by Crippen LogP contribution is 2.32. The molecule has 1 aromatic carbocycles. The summed E-state index contributed by atoms with van der Waals surface area (Å²) in [5.74, 6) is 1.90. The second-order valence-electron chi connectivity index (χ2n) is 10.3. The Bertz CT molecular complexity index is 1210. The lowest BCUT2D eigenvalue weighted by Crippen LogP contribution is -2.47. The first-order valence-electron chi connectivity index (χ1n) is 13.6. The fourth-order valence-electron chi connectivity index (χ4n) is 5.03. The Morgan fingerprint density at radius 2 is 2.08 bits per heavy atom. The van der Waals surface area contributed by atoms with Crippen LogP contribution >= 0.6 is 0 Å². The molecule has 0 aliphatic carbocycles. The van der Waals surface area contributed by atoms with E-state index in [-0.39, 0.29) is 12.6 Å². The number of aliphatic hydroxyl groups is 1. The van der Waals surface area contributed by atoms with Crippen LogP contribution in [-0.4, -0.2) is 90.0 Å². The van der Waals surface area contributed by atoms with Gasteiger partial charge in [-0.05, 0) is 65.3 Å². The Morgan fingerprint density at radius 1 is 1.26 bits per heavy atom. The summed E-state index contributed by atoms with van der Waals surface area (Å²) in [7, 11) is 1.78. The molecule has 39 heavy (non-hydrogen) atoms. The number of nitrogens with zero attached hydrogens (tertiary/aromatic N) is 4. The molecule has 2 N–H and O–H groups in total. The van der Waals surface area contributed by atoms with E-state index < -0.39 is 12.3 Å². The maximum absolute atomic E-state index is 13.8. The van der Waals surface area contributed by atoms with Crippen LogP contribution in [0, 0.1) is 20.8 Å². The van der Waals surface area contributed by atoms with Crippen LogP contribution in [-0.2, 0) is 11.2 Å². The predicted octanol–water partition coefficient (Wildman–Crippen LogP) is 3.67. The summed E-state index contributed by atoms with van der Waals surface area (Å²) >= 11 is 0. The Labute approximate surface area is 229 Å². The number of aryl methyl sites for hydroxylation is 3. The molecule has 3 aromatic rings. The minimum atomic E-state index is -0.891. The number of hydrogen-bond donors (Lipinski definition) is 2. The monoisotopic (exact) mass is 541 g/mol. The number of nitrogens with one attached hydrogen (secondary N) is 1. The molecule has 3 unspecified atom stereocenters. The van der Waals surface area contributed by atoms with Crippen LogP contribution < -0.4 is 10.1 Å². The second kappa shape index (κ2) is 13.4. The van der Waals surface area contributed by atoms with Crippen LogP contribution in [0.5, 0.6) is 5.75 Å². The number of benzene rings is 1. The summed E-state index contributed by atoms with van der Waals surface area (Å²) in [4.78, 5) is 12.2. The van der Waals surface area contributed by atoms with Crippen LogP contribution in [0.4, 0.5) is 4.39 Å². The molecule has 0 amide bonds. The van der Waals surface area contributed by atoms with Gasteiger partial charge in [0.25, 0.3) is 0 Å². The van der Waals surface area contributed by atoms with Crippen molar-refractivity contribution in [1.82, 2.24) is 25.3 Å². The first-order chi connectivity index (χ1) is 18.8. The summed E-state index contributed by atoms with van der Waals surface area (Å²) in [5.41, 5.74) is 5.12. The van der Waals surface area contributed by atoms with Gasteiger partial charge in [-0.3, -0.25) is 4.90 Å². The van der Waals surface area contributed by atoms with Crippen molar-refractivity contribution in [2.75, 3.05) is 46.5 Å². The van der Waals surface area contributed by atoms with Gasteiger partial charge in [0.15, 0.2) is 5.82 Å². The number of hydrogen-bond acceptors (Lipinski definition) is 9. The number of rotatable bonds is 12. The Balaban J connectivity index is 1.66. The third-order valence-electron chi connectivity index (χ3n) is 7.04. The van der Waals surface area contributed by atoms with Crippen LogP contribution in [0.1, 0.15) is 36.1 Å². The van der Waals surface area contributed by atoms with E-state index in [9.17, 15) is 9.50 Å². The smallest absolute Gasteiger partial charge is 0.160 e. The summed E-state index contributed by atoms with van der Waals surface area (Å²) in [6.07, 6.45) is -0.0268. The van der Waals surface area contributed by atoms with Crippen molar-refractivity contribution in [3.05, 3.63) is 47.0 Å². The lowest BCUT2D eigenvalue weighted by atomic mass is 9.99. The molecule has 0 saturated carbocycles. The molecule has 3 atom stereocenters. The third kappa shape index (κ3) is 7.39. The zero-order valence-electron chi connectivity index (χ0n) is 23.5. The first kappa shape index (κ1) is 29.1. The van der Waals surface area contributed by atoms with Gasteiger partial charge in [0, 0.05) is 36.9 Å². The highest BCUT2D eigenvalue weighted by Gasteiger charge is 2.26. The minimum absolute atomic E-state index is 0.123. The standard InChI is InChI=1S/C29H40FN5O4/c1-18(30)15-35-11-12-37-16-23(35)9-10-26-19(2)28(27-20(3)34-39-21(27)4)33-29(32-26)22-7-6-8-25(13-22)38-17-24(36)14-31-5/h6-8,13,18,23-24,31,36H,9-12,14-17H2,1-5H3. The predicted molar refractivity (Wildman–Crippen MR) is 148 cm³/mol. The molecule has 0 bridgehead atoms.